The second-order valence-corrected chi connectivity index (χ2v) is 2.93. The molecule has 7 heteroatoms. The molecule has 1 aromatic rings. The van der Waals surface area contributed by atoms with Gasteiger partial charge in [0, 0.05) is 0 Å². The molecule has 0 fully saturated rings. The quantitative estimate of drug-likeness (QED) is 0.815. The van der Waals surface area contributed by atoms with E-state index in [-0.39, 0.29) is 11.6 Å². The normalized spacial score (nSPS) is 10.5. The van der Waals surface area contributed by atoms with Gasteiger partial charge in [-0.2, -0.15) is 0 Å². The minimum atomic E-state index is -2.94. The molecule has 1 aromatic heterocycles. The molecular formula is C8H7ClF2N2O2. The second kappa shape index (κ2) is 4.39. The van der Waals surface area contributed by atoms with E-state index in [0.29, 0.717) is 0 Å². The van der Waals surface area contributed by atoms with Crippen molar-refractivity contribution < 1.29 is 18.3 Å². The Bertz CT molecular complexity index is 398. The molecule has 0 aliphatic rings. The van der Waals surface area contributed by atoms with E-state index in [1.807, 2.05) is 0 Å². The number of pyridine rings is 1. The molecule has 0 aliphatic carbocycles. The number of rotatable bonds is 3. The zero-order valence-corrected chi connectivity index (χ0v) is 8.39. The van der Waals surface area contributed by atoms with Gasteiger partial charge >= 0.3 is 0 Å². The molecule has 15 heavy (non-hydrogen) atoms. The van der Waals surface area contributed by atoms with Crippen LogP contribution in [0.5, 0.6) is 5.88 Å². The zero-order valence-electron chi connectivity index (χ0n) is 7.63. The van der Waals surface area contributed by atoms with Crippen molar-refractivity contribution in [1.82, 2.24) is 4.98 Å². The molecular weight excluding hydrogens is 230 g/mol. The Labute approximate surface area is 89.0 Å². The number of alkyl halides is 2. The van der Waals surface area contributed by atoms with E-state index in [4.69, 9.17) is 17.3 Å². The van der Waals surface area contributed by atoms with Gasteiger partial charge in [-0.3, -0.25) is 4.79 Å². The lowest BCUT2D eigenvalue weighted by molar-refractivity contribution is 0.106. The summed E-state index contributed by atoms with van der Waals surface area (Å²) >= 11 is 5.15. The smallest absolute Gasteiger partial charge is 0.269 e. The summed E-state index contributed by atoms with van der Waals surface area (Å²) in [6.45, 7) is 0. The highest BCUT2D eigenvalue weighted by Crippen LogP contribution is 2.34. The minimum absolute atomic E-state index is 0.203. The molecule has 0 spiro atoms. The van der Waals surface area contributed by atoms with Crippen LogP contribution in [0.25, 0.3) is 0 Å². The molecule has 0 saturated heterocycles. The molecule has 0 aliphatic heterocycles. The van der Waals surface area contributed by atoms with E-state index in [1.54, 1.807) is 0 Å². The summed E-state index contributed by atoms with van der Waals surface area (Å²) in [5.74, 6) is -0.358. The number of anilines is 1. The molecule has 0 radical (unpaired) electrons. The Balaban J connectivity index is 3.51. The van der Waals surface area contributed by atoms with Gasteiger partial charge in [0.25, 0.3) is 11.7 Å². The van der Waals surface area contributed by atoms with E-state index >= 15 is 0 Å². The first-order valence-electron chi connectivity index (χ1n) is 3.79. The first kappa shape index (κ1) is 11.6. The van der Waals surface area contributed by atoms with Gasteiger partial charge in [0.05, 0.1) is 30.1 Å². The van der Waals surface area contributed by atoms with Crippen molar-refractivity contribution in [2.45, 2.75) is 6.43 Å². The topological polar surface area (TPSA) is 65.2 Å². The molecule has 0 amide bonds. The summed E-state index contributed by atoms with van der Waals surface area (Å²) in [6.07, 6.45) is -1.89. The Morgan fingerprint density at radius 2 is 2.27 bits per heavy atom. The average molecular weight is 237 g/mol. The van der Waals surface area contributed by atoms with Crippen molar-refractivity contribution in [1.29, 1.82) is 0 Å². The van der Waals surface area contributed by atoms with Crippen LogP contribution < -0.4 is 10.5 Å². The average Bonchev–Trinajstić information content (AvgIpc) is 2.16. The van der Waals surface area contributed by atoms with E-state index in [0.717, 1.165) is 13.3 Å². The number of methoxy groups -OCH3 is 1. The second-order valence-electron chi connectivity index (χ2n) is 2.59. The highest BCUT2D eigenvalue weighted by atomic mass is 35.5. The van der Waals surface area contributed by atoms with Crippen molar-refractivity contribution in [3.05, 3.63) is 17.3 Å². The summed E-state index contributed by atoms with van der Waals surface area (Å²) < 4.78 is 29.9. The first-order valence-corrected chi connectivity index (χ1v) is 4.17. The first-order chi connectivity index (χ1) is 6.99. The number of carbonyl (C=O) groups excluding carboxylic acids is 1. The van der Waals surface area contributed by atoms with Crippen molar-refractivity contribution >= 4 is 22.5 Å². The summed E-state index contributed by atoms with van der Waals surface area (Å²) in [6, 6.07) is 0. The SMILES string of the molecule is COc1ncc(N)c(C(=O)Cl)c1C(F)F. The molecule has 82 valence electrons. The lowest BCUT2D eigenvalue weighted by Crippen LogP contribution is -2.07. The molecule has 4 nitrogen and oxygen atoms in total. The largest absolute Gasteiger partial charge is 0.481 e. The molecule has 0 unspecified atom stereocenters. The fourth-order valence-corrected chi connectivity index (χ4v) is 1.32. The third-order valence-corrected chi connectivity index (χ3v) is 1.91. The number of nitrogens with two attached hydrogens (primary N) is 1. The Kier molecular flexibility index (Phi) is 3.41. The van der Waals surface area contributed by atoms with Crippen LogP contribution >= 0.6 is 11.6 Å². The number of nitrogens with zero attached hydrogens (tertiary/aromatic N) is 1. The van der Waals surface area contributed by atoms with E-state index in [2.05, 4.69) is 9.72 Å². The van der Waals surface area contributed by atoms with Crippen LogP contribution in [0.2, 0.25) is 0 Å². The van der Waals surface area contributed by atoms with Crippen LogP contribution in [0, 0.1) is 0 Å². The Morgan fingerprint density at radius 1 is 1.67 bits per heavy atom. The summed E-state index contributed by atoms with van der Waals surface area (Å²) in [5.41, 5.74) is 3.98. The van der Waals surface area contributed by atoms with Crippen LogP contribution in [0.15, 0.2) is 6.20 Å². The maximum Gasteiger partial charge on any atom is 0.269 e. The number of halogens is 3. The maximum atomic E-state index is 12.6. The maximum absolute atomic E-state index is 12.6. The lowest BCUT2D eigenvalue weighted by atomic mass is 10.1. The minimum Gasteiger partial charge on any atom is -0.481 e. The third-order valence-electron chi connectivity index (χ3n) is 1.72. The lowest BCUT2D eigenvalue weighted by Gasteiger charge is -2.11. The van der Waals surface area contributed by atoms with Crippen LogP contribution in [-0.2, 0) is 0 Å². The fourth-order valence-electron chi connectivity index (χ4n) is 1.11. The summed E-state index contributed by atoms with van der Waals surface area (Å²) in [4.78, 5) is 14.5. The van der Waals surface area contributed by atoms with Gasteiger partial charge in [0.1, 0.15) is 0 Å². The number of hydrogen-bond donors (Lipinski definition) is 1. The van der Waals surface area contributed by atoms with Gasteiger partial charge in [-0.1, -0.05) is 0 Å². The van der Waals surface area contributed by atoms with Gasteiger partial charge in [-0.15, -0.1) is 0 Å². The van der Waals surface area contributed by atoms with Crippen LogP contribution in [-0.4, -0.2) is 17.3 Å². The van der Waals surface area contributed by atoms with Gasteiger partial charge in [0.2, 0.25) is 5.88 Å². The molecule has 0 saturated carbocycles. The van der Waals surface area contributed by atoms with Gasteiger partial charge in [0.15, 0.2) is 0 Å². The Morgan fingerprint density at radius 3 is 2.67 bits per heavy atom. The van der Waals surface area contributed by atoms with Crippen LogP contribution in [0.3, 0.4) is 0 Å². The monoisotopic (exact) mass is 236 g/mol. The van der Waals surface area contributed by atoms with Gasteiger partial charge in [-0.05, 0) is 11.6 Å². The molecule has 0 bridgehead atoms. The number of ether oxygens (including phenoxy) is 1. The predicted octanol–water partition coefficient (Wildman–Crippen LogP) is 1.99. The summed E-state index contributed by atoms with van der Waals surface area (Å²) in [5, 5.41) is -1.07. The van der Waals surface area contributed by atoms with Crippen LogP contribution in [0.1, 0.15) is 22.3 Å². The standard InChI is InChI=1S/C8H7ClF2N2O2/c1-15-8-5(7(10)11)4(6(9)14)3(12)2-13-8/h2,7H,12H2,1H3. The zero-order chi connectivity index (χ0) is 11.6. The van der Waals surface area contributed by atoms with E-state index in [1.165, 1.54) is 0 Å². The molecule has 1 rings (SSSR count). The van der Waals surface area contributed by atoms with Crippen molar-refractivity contribution in [2.24, 2.45) is 0 Å². The fraction of sp³-hybridized carbons (Fsp3) is 0.250. The molecule has 0 atom stereocenters. The third kappa shape index (κ3) is 2.15. The van der Waals surface area contributed by atoms with Gasteiger partial charge < -0.3 is 10.5 Å². The number of hydrogen-bond acceptors (Lipinski definition) is 4. The number of carbonyl (C=O) groups is 1. The number of nitrogen functional groups attached to an aromatic ring is 1. The molecule has 0 aromatic carbocycles. The molecule has 2 N–H and O–H groups in total. The Hall–Kier alpha value is -1.43. The molecule has 1 heterocycles. The van der Waals surface area contributed by atoms with Crippen molar-refractivity contribution in [2.75, 3.05) is 12.8 Å². The van der Waals surface area contributed by atoms with Crippen LogP contribution in [0.4, 0.5) is 14.5 Å². The highest BCUT2D eigenvalue weighted by molar-refractivity contribution is 6.68. The summed E-state index contributed by atoms with van der Waals surface area (Å²) in [7, 11) is 1.16. The highest BCUT2D eigenvalue weighted by Gasteiger charge is 2.25. The predicted molar refractivity (Wildman–Crippen MR) is 50.3 cm³/mol. The van der Waals surface area contributed by atoms with E-state index < -0.39 is 22.8 Å². The van der Waals surface area contributed by atoms with Crippen molar-refractivity contribution in [3.8, 4) is 5.88 Å². The number of aromatic nitrogens is 1. The van der Waals surface area contributed by atoms with E-state index in [9.17, 15) is 13.6 Å². The van der Waals surface area contributed by atoms with Crippen molar-refractivity contribution in [3.63, 3.8) is 0 Å². The van der Waals surface area contributed by atoms with Gasteiger partial charge in [-0.25, -0.2) is 13.8 Å².